The van der Waals surface area contributed by atoms with Crippen LogP contribution in [0.25, 0.3) is 0 Å². The molecule has 1 aromatic rings. The molecule has 0 saturated carbocycles. The zero-order valence-corrected chi connectivity index (χ0v) is 10.4. The third-order valence-corrected chi connectivity index (χ3v) is 3.98. The van der Waals surface area contributed by atoms with E-state index in [2.05, 4.69) is 46.7 Å². The van der Waals surface area contributed by atoms with Gasteiger partial charge in [0.15, 0.2) is 0 Å². The van der Waals surface area contributed by atoms with Crippen molar-refractivity contribution in [3.8, 4) is 0 Å². The highest BCUT2D eigenvalue weighted by Crippen LogP contribution is 2.16. The van der Waals surface area contributed by atoms with Crippen LogP contribution < -0.4 is 10.6 Å². The Kier molecular flexibility index (Phi) is 5.03. The molecule has 16 heavy (non-hydrogen) atoms. The van der Waals surface area contributed by atoms with E-state index in [0.29, 0.717) is 0 Å². The summed E-state index contributed by atoms with van der Waals surface area (Å²) in [6.45, 7) is 2.18. The minimum atomic E-state index is 0.765. The highest BCUT2D eigenvalue weighted by Gasteiger charge is 2.13. The highest BCUT2D eigenvalue weighted by molar-refractivity contribution is 7.99. The van der Waals surface area contributed by atoms with E-state index in [1.54, 1.807) is 0 Å². The maximum Gasteiger partial charge on any atom is 0.0340 e. The van der Waals surface area contributed by atoms with Crippen LogP contribution in [0.1, 0.15) is 12.8 Å². The number of anilines is 1. The summed E-state index contributed by atoms with van der Waals surface area (Å²) >= 11 is 2.06. The number of thioether (sulfide) groups is 1. The van der Waals surface area contributed by atoms with Crippen molar-refractivity contribution in [2.24, 2.45) is 0 Å². The predicted octanol–water partition coefficient (Wildman–Crippen LogP) is 2.58. The average molecular weight is 236 g/mol. The summed E-state index contributed by atoms with van der Waals surface area (Å²) in [4.78, 5) is 0. The topological polar surface area (TPSA) is 24.1 Å². The van der Waals surface area contributed by atoms with Crippen LogP contribution in [0.2, 0.25) is 0 Å². The van der Waals surface area contributed by atoms with Crippen LogP contribution in [0.3, 0.4) is 0 Å². The number of hydrogen-bond donors (Lipinski definition) is 2. The number of para-hydroxylation sites is 1. The van der Waals surface area contributed by atoms with Gasteiger partial charge in [-0.05, 0) is 37.3 Å². The average Bonchev–Trinajstić information content (AvgIpc) is 2.83. The third kappa shape index (κ3) is 4.06. The molecule has 3 heteroatoms. The van der Waals surface area contributed by atoms with Gasteiger partial charge in [0.25, 0.3) is 0 Å². The first kappa shape index (κ1) is 11.8. The first-order chi connectivity index (χ1) is 7.95. The van der Waals surface area contributed by atoms with Gasteiger partial charge in [0.1, 0.15) is 0 Å². The van der Waals surface area contributed by atoms with Crippen LogP contribution in [0.4, 0.5) is 5.69 Å². The molecule has 2 N–H and O–H groups in total. The lowest BCUT2D eigenvalue weighted by Gasteiger charge is -2.11. The Morgan fingerprint density at radius 1 is 1.19 bits per heavy atom. The van der Waals surface area contributed by atoms with Gasteiger partial charge in [0, 0.05) is 24.0 Å². The molecular formula is C13H20N2S. The normalized spacial score (nSPS) is 19.9. The minimum Gasteiger partial charge on any atom is -0.385 e. The lowest BCUT2D eigenvalue weighted by atomic mass is 10.2. The van der Waals surface area contributed by atoms with E-state index in [9.17, 15) is 0 Å². The Labute approximate surface area is 102 Å². The van der Waals surface area contributed by atoms with Crippen LogP contribution in [0.15, 0.2) is 30.3 Å². The standard InChI is InChI=1S/C13H20N2S/c1-2-5-12(6-3-1)14-8-4-9-15-13-7-10-16-11-13/h1-3,5-6,13-15H,4,7-11H2. The number of rotatable bonds is 6. The predicted molar refractivity (Wildman–Crippen MR) is 73.3 cm³/mol. The molecule has 1 atom stereocenters. The van der Waals surface area contributed by atoms with E-state index in [4.69, 9.17) is 0 Å². The Morgan fingerprint density at radius 2 is 2.06 bits per heavy atom. The maximum absolute atomic E-state index is 3.61. The molecule has 0 aromatic heterocycles. The lowest BCUT2D eigenvalue weighted by Crippen LogP contribution is -2.30. The lowest BCUT2D eigenvalue weighted by molar-refractivity contribution is 0.551. The quantitative estimate of drug-likeness (QED) is 0.742. The smallest absolute Gasteiger partial charge is 0.0340 e. The van der Waals surface area contributed by atoms with E-state index in [1.165, 1.54) is 30.0 Å². The molecule has 1 aliphatic heterocycles. The zero-order valence-electron chi connectivity index (χ0n) is 9.61. The molecule has 0 radical (unpaired) electrons. The molecule has 2 rings (SSSR count). The molecule has 2 nitrogen and oxygen atoms in total. The second kappa shape index (κ2) is 6.81. The van der Waals surface area contributed by atoms with Gasteiger partial charge in [-0.1, -0.05) is 18.2 Å². The van der Waals surface area contributed by atoms with E-state index in [-0.39, 0.29) is 0 Å². The largest absolute Gasteiger partial charge is 0.385 e. The summed E-state index contributed by atoms with van der Waals surface area (Å²) in [6.07, 6.45) is 2.53. The molecule has 1 fully saturated rings. The van der Waals surface area contributed by atoms with E-state index in [1.807, 2.05) is 6.07 Å². The fourth-order valence-electron chi connectivity index (χ4n) is 1.88. The zero-order chi connectivity index (χ0) is 11.1. The molecular weight excluding hydrogens is 216 g/mol. The maximum atomic E-state index is 3.61. The van der Waals surface area contributed by atoms with Gasteiger partial charge in [-0.25, -0.2) is 0 Å². The highest BCUT2D eigenvalue weighted by atomic mass is 32.2. The van der Waals surface area contributed by atoms with Gasteiger partial charge in [0.2, 0.25) is 0 Å². The van der Waals surface area contributed by atoms with Crippen LogP contribution >= 0.6 is 11.8 Å². The molecule has 0 spiro atoms. The fourth-order valence-corrected chi connectivity index (χ4v) is 3.07. The first-order valence-corrected chi connectivity index (χ1v) is 7.21. The molecule has 0 aliphatic carbocycles. The van der Waals surface area contributed by atoms with Gasteiger partial charge < -0.3 is 10.6 Å². The Balaban J connectivity index is 1.52. The van der Waals surface area contributed by atoms with E-state index in [0.717, 1.165) is 19.1 Å². The van der Waals surface area contributed by atoms with Gasteiger partial charge in [-0.15, -0.1) is 0 Å². The molecule has 1 saturated heterocycles. The van der Waals surface area contributed by atoms with Gasteiger partial charge in [-0.3, -0.25) is 0 Å². The summed E-state index contributed by atoms with van der Waals surface area (Å²) in [5, 5.41) is 7.03. The van der Waals surface area contributed by atoms with Gasteiger partial charge in [-0.2, -0.15) is 11.8 Å². The van der Waals surface area contributed by atoms with Gasteiger partial charge in [0.05, 0.1) is 0 Å². The van der Waals surface area contributed by atoms with E-state index < -0.39 is 0 Å². The SMILES string of the molecule is c1ccc(NCCCNC2CCSC2)cc1. The van der Waals surface area contributed by atoms with E-state index >= 15 is 0 Å². The Bertz CT molecular complexity index is 283. The van der Waals surface area contributed by atoms with Crippen molar-refractivity contribution in [2.45, 2.75) is 18.9 Å². The second-order valence-electron chi connectivity index (χ2n) is 4.16. The van der Waals surface area contributed by atoms with Crippen LogP contribution in [0, 0.1) is 0 Å². The molecule has 88 valence electrons. The number of nitrogens with one attached hydrogen (secondary N) is 2. The van der Waals surface area contributed by atoms with Crippen LogP contribution in [0.5, 0.6) is 0 Å². The van der Waals surface area contributed by atoms with Crippen molar-refractivity contribution in [2.75, 3.05) is 29.9 Å². The monoisotopic (exact) mass is 236 g/mol. The van der Waals surface area contributed by atoms with Crippen molar-refractivity contribution in [3.63, 3.8) is 0 Å². The van der Waals surface area contributed by atoms with Crippen molar-refractivity contribution >= 4 is 17.4 Å². The first-order valence-electron chi connectivity index (χ1n) is 6.05. The number of hydrogen-bond acceptors (Lipinski definition) is 3. The molecule has 1 heterocycles. The molecule has 1 aliphatic rings. The third-order valence-electron chi connectivity index (χ3n) is 2.82. The second-order valence-corrected chi connectivity index (χ2v) is 5.31. The number of benzene rings is 1. The molecule has 0 amide bonds. The molecule has 1 aromatic carbocycles. The molecule has 0 bridgehead atoms. The molecule has 1 unspecified atom stereocenters. The van der Waals surface area contributed by atoms with Gasteiger partial charge >= 0.3 is 0 Å². The Hall–Kier alpha value is -0.670. The summed E-state index contributed by atoms with van der Waals surface area (Å²) in [5.74, 6) is 2.63. The Morgan fingerprint density at radius 3 is 2.81 bits per heavy atom. The summed E-state index contributed by atoms with van der Waals surface area (Å²) < 4.78 is 0. The summed E-state index contributed by atoms with van der Waals surface area (Å²) in [7, 11) is 0. The van der Waals surface area contributed by atoms with Crippen molar-refractivity contribution in [1.29, 1.82) is 0 Å². The van der Waals surface area contributed by atoms with Crippen LogP contribution in [-0.2, 0) is 0 Å². The van der Waals surface area contributed by atoms with Crippen LogP contribution in [-0.4, -0.2) is 30.6 Å². The van der Waals surface area contributed by atoms with Crippen molar-refractivity contribution < 1.29 is 0 Å². The summed E-state index contributed by atoms with van der Waals surface area (Å²) in [5.41, 5.74) is 1.22. The fraction of sp³-hybridized carbons (Fsp3) is 0.538. The summed E-state index contributed by atoms with van der Waals surface area (Å²) in [6, 6.07) is 11.2. The minimum absolute atomic E-state index is 0.765. The van der Waals surface area contributed by atoms with Crippen molar-refractivity contribution in [3.05, 3.63) is 30.3 Å². The van der Waals surface area contributed by atoms with Crippen molar-refractivity contribution in [1.82, 2.24) is 5.32 Å².